The fourth-order valence-corrected chi connectivity index (χ4v) is 0.976. The van der Waals surface area contributed by atoms with E-state index in [1.54, 1.807) is 0 Å². The van der Waals surface area contributed by atoms with Crippen LogP contribution in [0.5, 0.6) is 0 Å². The minimum absolute atomic E-state index is 0.0189. The Morgan fingerprint density at radius 1 is 1.43 bits per heavy atom. The van der Waals surface area contributed by atoms with E-state index in [1.807, 2.05) is 0 Å². The Hall–Kier alpha value is -1.14. The zero-order valence-corrected chi connectivity index (χ0v) is 7.43. The Morgan fingerprint density at radius 3 is 2.64 bits per heavy atom. The number of rotatable bonds is 3. The van der Waals surface area contributed by atoms with Gasteiger partial charge in [-0.15, -0.1) is 0 Å². The van der Waals surface area contributed by atoms with E-state index in [9.17, 15) is 13.2 Å². The molecule has 14 heavy (non-hydrogen) atoms. The van der Waals surface area contributed by atoms with Gasteiger partial charge in [-0.1, -0.05) is 0 Å². The predicted octanol–water partition coefficient (Wildman–Crippen LogP) is 1.15. The van der Waals surface area contributed by atoms with Crippen LogP contribution in [0, 0.1) is 17.6 Å². The van der Waals surface area contributed by atoms with Gasteiger partial charge in [0.05, 0.1) is 18.3 Å². The Morgan fingerprint density at radius 2 is 2.07 bits per heavy atom. The monoisotopic (exact) mass is 206 g/mol. The molecule has 0 saturated carbocycles. The van der Waals surface area contributed by atoms with Crippen LogP contribution in [0.15, 0.2) is 6.07 Å². The molecule has 0 aliphatic rings. The lowest BCUT2D eigenvalue weighted by Crippen LogP contribution is -2.20. The van der Waals surface area contributed by atoms with Crippen molar-refractivity contribution in [3.8, 4) is 0 Å². The first-order chi connectivity index (χ1) is 6.56. The zero-order valence-electron chi connectivity index (χ0n) is 7.43. The normalized spacial score (nSPS) is 12.9. The van der Waals surface area contributed by atoms with Crippen LogP contribution in [0.1, 0.15) is 11.7 Å². The van der Waals surface area contributed by atoms with Gasteiger partial charge in [0.1, 0.15) is 5.82 Å². The molecule has 0 aliphatic carbocycles. The van der Waals surface area contributed by atoms with Gasteiger partial charge >= 0.3 is 0 Å². The first-order valence-electron chi connectivity index (χ1n) is 3.82. The van der Waals surface area contributed by atoms with Crippen molar-refractivity contribution >= 4 is 0 Å². The van der Waals surface area contributed by atoms with Crippen LogP contribution in [0.2, 0.25) is 0 Å². The van der Waals surface area contributed by atoms with E-state index in [2.05, 4.69) is 9.72 Å². The highest BCUT2D eigenvalue weighted by atomic mass is 19.2. The third kappa shape index (κ3) is 2.21. The maximum Gasteiger partial charge on any atom is 0.249 e. The Bertz CT molecular complexity index is 333. The van der Waals surface area contributed by atoms with Crippen LogP contribution in [0.25, 0.3) is 0 Å². The molecule has 0 amide bonds. The van der Waals surface area contributed by atoms with E-state index in [1.165, 1.54) is 7.11 Å². The minimum Gasteiger partial charge on any atom is -0.383 e. The molecule has 0 bridgehead atoms. The van der Waals surface area contributed by atoms with Crippen LogP contribution < -0.4 is 5.73 Å². The number of hydrogen-bond donors (Lipinski definition) is 1. The Balaban J connectivity index is 3.02. The van der Waals surface area contributed by atoms with Crippen molar-refractivity contribution in [1.29, 1.82) is 0 Å². The van der Waals surface area contributed by atoms with Crippen molar-refractivity contribution in [3.63, 3.8) is 0 Å². The first kappa shape index (κ1) is 10.9. The molecule has 0 spiro atoms. The molecule has 1 aromatic heterocycles. The summed E-state index contributed by atoms with van der Waals surface area (Å²) < 4.78 is 42.7. The molecule has 1 heterocycles. The number of ether oxygens (including phenoxy) is 1. The Labute approximate surface area is 78.7 Å². The van der Waals surface area contributed by atoms with Gasteiger partial charge < -0.3 is 10.5 Å². The van der Waals surface area contributed by atoms with Crippen molar-refractivity contribution in [3.05, 3.63) is 29.3 Å². The molecule has 0 saturated heterocycles. The van der Waals surface area contributed by atoms with E-state index in [4.69, 9.17) is 5.73 Å². The summed E-state index contributed by atoms with van der Waals surface area (Å²) in [7, 11) is 1.36. The maximum absolute atomic E-state index is 13.0. The molecule has 1 rings (SSSR count). The van der Waals surface area contributed by atoms with Gasteiger partial charge in [-0.2, -0.15) is 4.39 Å². The molecule has 0 radical (unpaired) electrons. The number of aromatic nitrogens is 1. The lowest BCUT2D eigenvalue weighted by atomic mass is 10.2. The summed E-state index contributed by atoms with van der Waals surface area (Å²) in [6.07, 6.45) is 0. The lowest BCUT2D eigenvalue weighted by Gasteiger charge is -2.10. The summed E-state index contributed by atoms with van der Waals surface area (Å²) in [6.45, 7) is -0.0189. The SMILES string of the molecule is COC[C@@H](N)c1nc(F)c(F)cc1F. The zero-order chi connectivity index (χ0) is 10.7. The molecule has 2 N–H and O–H groups in total. The Kier molecular flexibility index (Phi) is 3.43. The highest BCUT2D eigenvalue weighted by Crippen LogP contribution is 2.15. The van der Waals surface area contributed by atoms with Crippen LogP contribution >= 0.6 is 0 Å². The van der Waals surface area contributed by atoms with E-state index in [0.717, 1.165) is 0 Å². The van der Waals surface area contributed by atoms with Crippen LogP contribution in [0.4, 0.5) is 13.2 Å². The van der Waals surface area contributed by atoms with Crippen LogP contribution in [0.3, 0.4) is 0 Å². The van der Waals surface area contributed by atoms with E-state index < -0.39 is 23.6 Å². The lowest BCUT2D eigenvalue weighted by molar-refractivity contribution is 0.177. The molecule has 3 nitrogen and oxygen atoms in total. The molecular weight excluding hydrogens is 197 g/mol. The molecule has 0 fully saturated rings. The highest BCUT2D eigenvalue weighted by Gasteiger charge is 2.17. The summed E-state index contributed by atoms with van der Waals surface area (Å²) in [5, 5.41) is 0. The standard InChI is InChI=1S/C8H9F3N2O/c1-14-3-6(12)7-4(9)2-5(10)8(11)13-7/h2,6H,3,12H2,1H3/t6-/m1/s1. The average Bonchev–Trinajstić information content (AvgIpc) is 2.11. The molecule has 0 aliphatic heterocycles. The van der Waals surface area contributed by atoms with Gasteiger partial charge in [-0.3, -0.25) is 0 Å². The number of methoxy groups -OCH3 is 1. The van der Waals surface area contributed by atoms with Gasteiger partial charge in [0.2, 0.25) is 5.95 Å². The van der Waals surface area contributed by atoms with E-state index in [0.29, 0.717) is 6.07 Å². The number of pyridine rings is 1. The van der Waals surface area contributed by atoms with Gasteiger partial charge in [0.15, 0.2) is 5.82 Å². The molecule has 1 aromatic rings. The van der Waals surface area contributed by atoms with Gasteiger partial charge in [-0.05, 0) is 0 Å². The topological polar surface area (TPSA) is 48.1 Å². The van der Waals surface area contributed by atoms with Gasteiger partial charge in [0, 0.05) is 13.2 Å². The summed E-state index contributed by atoms with van der Waals surface area (Å²) in [4.78, 5) is 3.07. The third-order valence-electron chi connectivity index (χ3n) is 1.61. The van der Waals surface area contributed by atoms with Gasteiger partial charge in [0.25, 0.3) is 0 Å². The molecule has 1 atom stereocenters. The minimum atomic E-state index is -1.37. The largest absolute Gasteiger partial charge is 0.383 e. The van der Waals surface area contributed by atoms with Crippen molar-refractivity contribution in [2.45, 2.75) is 6.04 Å². The van der Waals surface area contributed by atoms with Gasteiger partial charge in [-0.25, -0.2) is 13.8 Å². The first-order valence-corrected chi connectivity index (χ1v) is 3.82. The third-order valence-corrected chi connectivity index (χ3v) is 1.61. The highest BCUT2D eigenvalue weighted by molar-refractivity contribution is 5.13. The number of nitrogens with zero attached hydrogens (tertiary/aromatic N) is 1. The predicted molar refractivity (Wildman–Crippen MR) is 42.9 cm³/mol. The number of halogens is 3. The smallest absolute Gasteiger partial charge is 0.249 e. The van der Waals surface area contributed by atoms with Crippen molar-refractivity contribution < 1.29 is 17.9 Å². The second kappa shape index (κ2) is 4.39. The fourth-order valence-electron chi connectivity index (χ4n) is 0.976. The summed E-state index contributed by atoms with van der Waals surface area (Å²) in [5.41, 5.74) is 5.07. The second-order valence-electron chi connectivity index (χ2n) is 2.69. The molecule has 6 heteroatoms. The maximum atomic E-state index is 13.0. The second-order valence-corrected chi connectivity index (χ2v) is 2.69. The quantitative estimate of drug-likeness (QED) is 0.754. The molecule has 78 valence electrons. The summed E-state index contributed by atoms with van der Waals surface area (Å²) >= 11 is 0. The van der Waals surface area contributed by atoms with Crippen molar-refractivity contribution in [1.82, 2.24) is 4.98 Å². The average molecular weight is 206 g/mol. The molecule has 0 unspecified atom stereocenters. The molecule has 0 aromatic carbocycles. The van der Waals surface area contributed by atoms with E-state index in [-0.39, 0.29) is 12.3 Å². The number of hydrogen-bond acceptors (Lipinski definition) is 3. The summed E-state index contributed by atoms with van der Waals surface area (Å²) in [5.74, 6) is -3.68. The molecular formula is C8H9F3N2O. The van der Waals surface area contributed by atoms with Crippen LogP contribution in [-0.4, -0.2) is 18.7 Å². The van der Waals surface area contributed by atoms with Crippen LogP contribution in [-0.2, 0) is 4.74 Å². The number of nitrogens with two attached hydrogens (primary N) is 1. The van der Waals surface area contributed by atoms with Crippen molar-refractivity contribution in [2.75, 3.05) is 13.7 Å². The fraction of sp³-hybridized carbons (Fsp3) is 0.375. The van der Waals surface area contributed by atoms with Crippen molar-refractivity contribution in [2.24, 2.45) is 5.73 Å². The van der Waals surface area contributed by atoms with E-state index >= 15 is 0 Å². The summed E-state index contributed by atoms with van der Waals surface area (Å²) in [6, 6.07) is -0.497.